The highest BCUT2D eigenvalue weighted by atomic mass is 32.2. The van der Waals surface area contributed by atoms with Gasteiger partial charge >= 0.3 is 0 Å². The minimum Gasteiger partial charge on any atom is -0.381 e. The van der Waals surface area contributed by atoms with Crippen molar-refractivity contribution in [3.63, 3.8) is 0 Å². The summed E-state index contributed by atoms with van der Waals surface area (Å²) < 4.78 is 22.9. The molecule has 0 atom stereocenters. The molecule has 0 aromatic heterocycles. The third kappa shape index (κ3) is 3.48. The van der Waals surface area contributed by atoms with Gasteiger partial charge in [0.05, 0.1) is 16.1 Å². The Labute approximate surface area is 114 Å². The Hall–Kier alpha value is -1.54. The lowest BCUT2D eigenvalue weighted by Crippen LogP contribution is -2.22. The van der Waals surface area contributed by atoms with E-state index in [1.807, 2.05) is 0 Å². The fourth-order valence-corrected chi connectivity index (χ4v) is 3.09. The van der Waals surface area contributed by atoms with Crippen molar-refractivity contribution in [1.29, 1.82) is 5.26 Å². The highest BCUT2D eigenvalue weighted by molar-refractivity contribution is 7.90. The maximum absolute atomic E-state index is 11.5. The van der Waals surface area contributed by atoms with Crippen molar-refractivity contribution >= 4 is 15.5 Å². The molecule has 0 saturated heterocycles. The van der Waals surface area contributed by atoms with Gasteiger partial charge in [0.15, 0.2) is 9.84 Å². The zero-order chi connectivity index (χ0) is 13.9. The van der Waals surface area contributed by atoms with E-state index in [1.165, 1.54) is 25.3 Å². The molecule has 1 N–H and O–H groups in total. The molecule has 0 heterocycles. The van der Waals surface area contributed by atoms with Crippen molar-refractivity contribution in [1.82, 2.24) is 0 Å². The normalized spacial score (nSPS) is 16.8. The first-order valence-electron chi connectivity index (χ1n) is 6.51. The van der Waals surface area contributed by atoms with Crippen molar-refractivity contribution < 1.29 is 8.42 Å². The van der Waals surface area contributed by atoms with Gasteiger partial charge in [-0.2, -0.15) is 5.26 Å². The summed E-state index contributed by atoms with van der Waals surface area (Å²) in [5.41, 5.74) is 1.13. The molecule has 0 radical (unpaired) electrons. The van der Waals surface area contributed by atoms with Gasteiger partial charge in [-0.25, -0.2) is 8.42 Å². The van der Waals surface area contributed by atoms with Gasteiger partial charge in [-0.1, -0.05) is 19.3 Å². The fraction of sp³-hybridized carbons (Fsp3) is 0.500. The fourth-order valence-electron chi connectivity index (χ4n) is 2.44. The Bertz CT molecular complexity index is 596. The van der Waals surface area contributed by atoms with Gasteiger partial charge in [0.1, 0.15) is 6.07 Å². The lowest BCUT2D eigenvalue weighted by Gasteiger charge is -2.24. The molecule has 1 saturated carbocycles. The van der Waals surface area contributed by atoms with Gasteiger partial charge in [0.2, 0.25) is 0 Å². The smallest absolute Gasteiger partial charge is 0.175 e. The Morgan fingerprint density at radius 2 is 1.95 bits per heavy atom. The van der Waals surface area contributed by atoms with Crippen LogP contribution in [0.4, 0.5) is 5.69 Å². The molecule has 19 heavy (non-hydrogen) atoms. The average Bonchev–Trinajstić information content (AvgIpc) is 2.39. The monoisotopic (exact) mass is 278 g/mol. The van der Waals surface area contributed by atoms with Crippen LogP contribution in [0.5, 0.6) is 0 Å². The predicted molar refractivity (Wildman–Crippen MR) is 74.8 cm³/mol. The highest BCUT2D eigenvalue weighted by Gasteiger charge is 2.16. The van der Waals surface area contributed by atoms with Gasteiger partial charge in [-0.05, 0) is 31.0 Å². The maximum Gasteiger partial charge on any atom is 0.175 e. The first kappa shape index (κ1) is 13.9. The minimum absolute atomic E-state index is 0.193. The first-order valence-corrected chi connectivity index (χ1v) is 8.40. The van der Waals surface area contributed by atoms with E-state index in [9.17, 15) is 8.42 Å². The van der Waals surface area contributed by atoms with Crippen molar-refractivity contribution in [2.24, 2.45) is 0 Å². The number of nitriles is 1. The molecule has 0 spiro atoms. The second kappa shape index (κ2) is 5.62. The average molecular weight is 278 g/mol. The number of anilines is 1. The number of hydrogen-bond acceptors (Lipinski definition) is 4. The topological polar surface area (TPSA) is 70.0 Å². The van der Waals surface area contributed by atoms with Crippen LogP contribution in [0, 0.1) is 11.3 Å². The molecule has 5 heteroatoms. The second-order valence-electron chi connectivity index (χ2n) is 5.07. The van der Waals surface area contributed by atoms with Gasteiger partial charge in [0, 0.05) is 12.3 Å². The van der Waals surface area contributed by atoms with E-state index in [2.05, 4.69) is 11.4 Å². The summed E-state index contributed by atoms with van der Waals surface area (Å²) in [4.78, 5) is 0.193. The van der Waals surface area contributed by atoms with E-state index in [4.69, 9.17) is 5.26 Å². The zero-order valence-corrected chi connectivity index (χ0v) is 11.8. The molecule has 0 amide bonds. The number of sulfone groups is 1. The molecular weight excluding hydrogens is 260 g/mol. The quantitative estimate of drug-likeness (QED) is 0.923. The predicted octanol–water partition coefficient (Wildman–Crippen LogP) is 2.71. The van der Waals surface area contributed by atoms with E-state index in [0.29, 0.717) is 11.6 Å². The highest BCUT2D eigenvalue weighted by Crippen LogP contribution is 2.25. The molecule has 1 aromatic rings. The number of benzene rings is 1. The Morgan fingerprint density at radius 1 is 1.26 bits per heavy atom. The van der Waals surface area contributed by atoms with Crippen molar-refractivity contribution in [2.45, 2.75) is 43.0 Å². The number of hydrogen-bond donors (Lipinski definition) is 1. The summed E-state index contributed by atoms with van der Waals surface area (Å²) in [6.45, 7) is 0. The molecule has 4 nitrogen and oxygen atoms in total. The standard InChI is InChI=1S/C14H18N2O2S/c1-19(17,18)13-7-8-14(11(9-13)10-15)16-12-5-3-2-4-6-12/h7-9,12,16H,2-6H2,1H3. The molecule has 102 valence electrons. The van der Waals surface area contributed by atoms with Crippen LogP contribution in [0.25, 0.3) is 0 Å². The summed E-state index contributed by atoms with van der Waals surface area (Å²) in [5.74, 6) is 0. The number of nitrogens with zero attached hydrogens (tertiary/aromatic N) is 1. The van der Waals surface area contributed by atoms with Gasteiger partial charge in [0.25, 0.3) is 0 Å². The van der Waals surface area contributed by atoms with Crippen LogP contribution in [-0.4, -0.2) is 20.7 Å². The van der Waals surface area contributed by atoms with Crippen LogP contribution in [-0.2, 0) is 9.84 Å². The molecule has 1 aliphatic rings. The summed E-state index contributed by atoms with van der Waals surface area (Å²) >= 11 is 0. The third-order valence-corrected chi connectivity index (χ3v) is 4.61. The molecule has 1 aliphatic carbocycles. The molecule has 1 fully saturated rings. The van der Waals surface area contributed by atoms with Crippen molar-refractivity contribution in [3.8, 4) is 6.07 Å². The van der Waals surface area contributed by atoms with Crippen molar-refractivity contribution in [2.75, 3.05) is 11.6 Å². The van der Waals surface area contributed by atoms with Gasteiger partial charge in [-0.3, -0.25) is 0 Å². The molecule has 1 aromatic carbocycles. The zero-order valence-electron chi connectivity index (χ0n) is 11.0. The van der Waals surface area contributed by atoms with E-state index >= 15 is 0 Å². The molecule has 0 aliphatic heterocycles. The van der Waals surface area contributed by atoms with E-state index in [1.54, 1.807) is 12.1 Å². The van der Waals surface area contributed by atoms with Gasteiger partial charge < -0.3 is 5.32 Å². The Morgan fingerprint density at radius 3 is 2.53 bits per heavy atom. The van der Waals surface area contributed by atoms with E-state index < -0.39 is 9.84 Å². The largest absolute Gasteiger partial charge is 0.381 e. The third-order valence-electron chi connectivity index (χ3n) is 3.50. The summed E-state index contributed by atoms with van der Waals surface area (Å²) in [5, 5.41) is 12.5. The van der Waals surface area contributed by atoms with E-state index in [-0.39, 0.29) is 4.90 Å². The molecule has 2 rings (SSSR count). The first-order chi connectivity index (χ1) is 9.00. The van der Waals surface area contributed by atoms with Crippen LogP contribution in [0.2, 0.25) is 0 Å². The van der Waals surface area contributed by atoms with Crippen LogP contribution in [0.1, 0.15) is 37.7 Å². The lowest BCUT2D eigenvalue weighted by molar-refractivity contribution is 0.462. The minimum atomic E-state index is -3.26. The molecule has 0 unspecified atom stereocenters. The van der Waals surface area contributed by atoms with Crippen LogP contribution < -0.4 is 5.32 Å². The lowest BCUT2D eigenvalue weighted by atomic mass is 9.95. The molecular formula is C14H18N2O2S. The van der Waals surface area contributed by atoms with E-state index in [0.717, 1.165) is 24.8 Å². The maximum atomic E-state index is 11.5. The van der Waals surface area contributed by atoms with Gasteiger partial charge in [-0.15, -0.1) is 0 Å². The SMILES string of the molecule is CS(=O)(=O)c1ccc(NC2CCCCC2)c(C#N)c1. The summed E-state index contributed by atoms with van der Waals surface area (Å²) in [6, 6.07) is 7.16. The van der Waals surface area contributed by atoms with Crippen LogP contribution >= 0.6 is 0 Å². The number of nitrogens with one attached hydrogen (secondary N) is 1. The summed E-state index contributed by atoms with van der Waals surface area (Å²) in [7, 11) is -3.26. The van der Waals surface area contributed by atoms with Crippen LogP contribution in [0.3, 0.4) is 0 Å². The number of rotatable bonds is 3. The molecule has 0 bridgehead atoms. The second-order valence-corrected chi connectivity index (χ2v) is 7.09. The summed E-state index contributed by atoms with van der Waals surface area (Å²) in [6.07, 6.45) is 7.06. The Kier molecular flexibility index (Phi) is 4.11. The van der Waals surface area contributed by atoms with Crippen molar-refractivity contribution in [3.05, 3.63) is 23.8 Å². The Balaban J connectivity index is 2.24. The van der Waals surface area contributed by atoms with Crippen LogP contribution in [0.15, 0.2) is 23.1 Å².